The molecule has 0 aliphatic carbocycles. The number of hydrogen-bond donors (Lipinski definition) is 1. The number of alkyl halides is 3. The number of amidine groups is 1. The quantitative estimate of drug-likeness (QED) is 0.801. The first-order chi connectivity index (χ1) is 10.8. The number of allylic oxidation sites excluding steroid dienone is 2. The molecule has 8 heteroatoms. The first kappa shape index (κ1) is 15.2. The second-order valence-electron chi connectivity index (χ2n) is 5.10. The van der Waals surface area contributed by atoms with Crippen LogP contribution in [-0.2, 0) is 5.41 Å². The second-order valence-corrected chi connectivity index (χ2v) is 5.10. The molecule has 1 aromatic carbocycles. The molecule has 4 nitrogen and oxygen atoms in total. The molecule has 0 fully saturated rings. The van der Waals surface area contributed by atoms with E-state index < -0.39 is 35.0 Å². The molecule has 0 spiro atoms. The molecule has 2 heterocycles. The summed E-state index contributed by atoms with van der Waals surface area (Å²) in [4.78, 5) is 3.98. The van der Waals surface area contributed by atoms with Gasteiger partial charge in [-0.3, -0.25) is 5.21 Å². The summed E-state index contributed by atoms with van der Waals surface area (Å²) in [6.07, 6.45) is -2.38. The monoisotopic (exact) mass is 323 g/mol. The molecule has 0 bridgehead atoms. The fourth-order valence-corrected chi connectivity index (χ4v) is 2.86. The van der Waals surface area contributed by atoms with Crippen LogP contribution >= 0.6 is 0 Å². The van der Waals surface area contributed by atoms with Gasteiger partial charge in [0.2, 0.25) is 0 Å². The number of hydrogen-bond acceptors (Lipinski definition) is 4. The molecule has 2 aliphatic heterocycles. The van der Waals surface area contributed by atoms with Gasteiger partial charge in [0, 0.05) is 17.3 Å². The molecule has 0 saturated carbocycles. The third-order valence-electron chi connectivity index (χ3n) is 3.88. The number of rotatable bonds is 1. The number of hydroxylamine groups is 2. The summed E-state index contributed by atoms with van der Waals surface area (Å²) in [5.74, 6) is -1.19. The number of halogens is 4. The number of aliphatic imine (C=N–C) groups is 1. The lowest BCUT2D eigenvalue weighted by atomic mass is 9.68. The minimum absolute atomic E-state index is 0.138. The average Bonchev–Trinajstić information content (AvgIpc) is 2.47. The summed E-state index contributed by atoms with van der Waals surface area (Å²) in [7, 11) is 0. The molecule has 118 valence electrons. The van der Waals surface area contributed by atoms with Crippen LogP contribution in [0.4, 0.5) is 23.2 Å². The van der Waals surface area contributed by atoms with Crippen LogP contribution in [0.1, 0.15) is 12.0 Å². The van der Waals surface area contributed by atoms with E-state index in [-0.39, 0.29) is 11.5 Å². The topological polar surface area (TPSA) is 59.6 Å². The van der Waals surface area contributed by atoms with Gasteiger partial charge in [0.15, 0.2) is 5.84 Å². The molecule has 3 rings (SSSR count). The molecule has 2 aliphatic rings. The van der Waals surface area contributed by atoms with Gasteiger partial charge < -0.3 is 0 Å². The van der Waals surface area contributed by atoms with E-state index in [9.17, 15) is 22.8 Å². The van der Waals surface area contributed by atoms with E-state index in [0.717, 1.165) is 30.5 Å². The Bertz CT molecular complexity index is 804. The van der Waals surface area contributed by atoms with Crippen molar-refractivity contribution in [2.45, 2.75) is 18.0 Å². The number of fused-ring (bicyclic) bond motifs is 2. The second kappa shape index (κ2) is 4.93. The molecule has 1 N–H and O–H groups in total. The maximum Gasteiger partial charge on any atom is 0.403 e. The van der Waals surface area contributed by atoms with E-state index in [1.54, 1.807) is 0 Å². The summed E-state index contributed by atoms with van der Waals surface area (Å²) >= 11 is 0. The first-order valence-corrected chi connectivity index (χ1v) is 6.51. The van der Waals surface area contributed by atoms with Crippen LogP contribution in [0, 0.1) is 17.1 Å². The van der Waals surface area contributed by atoms with Crippen LogP contribution in [0.25, 0.3) is 0 Å². The summed E-state index contributed by atoms with van der Waals surface area (Å²) in [5.41, 5.74) is -3.73. The lowest BCUT2D eigenvalue weighted by Crippen LogP contribution is -2.50. The average molecular weight is 323 g/mol. The van der Waals surface area contributed by atoms with Crippen LogP contribution in [0.3, 0.4) is 0 Å². The van der Waals surface area contributed by atoms with Gasteiger partial charge in [-0.15, -0.1) is 0 Å². The Morgan fingerprint density at radius 3 is 2.74 bits per heavy atom. The van der Waals surface area contributed by atoms with E-state index >= 15 is 0 Å². The van der Waals surface area contributed by atoms with Crippen molar-refractivity contribution < 1.29 is 22.8 Å². The normalized spacial score (nSPS) is 22.7. The maximum absolute atomic E-state index is 14.0. The van der Waals surface area contributed by atoms with E-state index in [2.05, 4.69) is 4.99 Å². The Kier molecular flexibility index (Phi) is 3.26. The van der Waals surface area contributed by atoms with Crippen molar-refractivity contribution >= 4 is 11.5 Å². The maximum atomic E-state index is 14.0. The standard InChI is InChI=1S/C15H9F4N3O/c16-9-3-4-12-11(8-9)14(5-6-20,15(17,18)19)10-2-1-7-22(23)13(10)21-12/h1-4,7-8,23H,5H2. The summed E-state index contributed by atoms with van der Waals surface area (Å²) in [6.45, 7) is 0. The summed E-state index contributed by atoms with van der Waals surface area (Å²) in [6, 6.07) is 4.34. The third-order valence-corrected chi connectivity index (χ3v) is 3.88. The summed E-state index contributed by atoms with van der Waals surface area (Å²) in [5, 5.41) is 19.3. The molecule has 1 atom stereocenters. The minimum atomic E-state index is -4.88. The van der Waals surface area contributed by atoms with Crippen molar-refractivity contribution in [3.05, 3.63) is 53.5 Å². The van der Waals surface area contributed by atoms with Gasteiger partial charge >= 0.3 is 6.18 Å². The van der Waals surface area contributed by atoms with Gasteiger partial charge in [-0.25, -0.2) is 14.4 Å². The zero-order valence-corrected chi connectivity index (χ0v) is 11.5. The highest BCUT2D eigenvalue weighted by Crippen LogP contribution is 2.55. The number of nitriles is 1. The summed E-state index contributed by atoms with van der Waals surface area (Å²) < 4.78 is 55.6. The lowest BCUT2D eigenvalue weighted by Gasteiger charge is -2.41. The Balaban J connectivity index is 2.42. The lowest BCUT2D eigenvalue weighted by molar-refractivity contribution is -0.177. The van der Waals surface area contributed by atoms with E-state index in [4.69, 9.17) is 5.26 Å². The van der Waals surface area contributed by atoms with Gasteiger partial charge in [0.05, 0.1) is 18.2 Å². The van der Waals surface area contributed by atoms with Gasteiger partial charge in [-0.1, -0.05) is 6.08 Å². The Morgan fingerprint density at radius 1 is 1.35 bits per heavy atom. The van der Waals surface area contributed by atoms with Crippen LogP contribution in [0.5, 0.6) is 0 Å². The molecular formula is C15H9F4N3O. The van der Waals surface area contributed by atoms with Crippen LogP contribution in [0.2, 0.25) is 0 Å². The van der Waals surface area contributed by atoms with Crippen molar-refractivity contribution in [1.82, 2.24) is 5.06 Å². The van der Waals surface area contributed by atoms with Gasteiger partial charge in [0.25, 0.3) is 0 Å². The highest BCUT2D eigenvalue weighted by atomic mass is 19.4. The number of benzene rings is 1. The van der Waals surface area contributed by atoms with Crippen molar-refractivity contribution in [2.75, 3.05) is 0 Å². The zero-order valence-electron chi connectivity index (χ0n) is 11.5. The smallest absolute Gasteiger partial charge is 0.283 e. The van der Waals surface area contributed by atoms with Gasteiger partial charge in [-0.05, 0) is 24.3 Å². The Labute approximate surface area is 128 Å². The molecule has 0 amide bonds. The van der Waals surface area contributed by atoms with Gasteiger partial charge in [-0.2, -0.15) is 18.4 Å². The number of nitrogens with zero attached hydrogens (tertiary/aromatic N) is 3. The molecule has 1 unspecified atom stereocenters. The van der Waals surface area contributed by atoms with Gasteiger partial charge in [0.1, 0.15) is 11.2 Å². The van der Waals surface area contributed by atoms with Crippen molar-refractivity contribution in [2.24, 2.45) is 4.99 Å². The highest BCUT2D eigenvalue weighted by molar-refractivity contribution is 6.05. The minimum Gasteiger partial charge on any atom is -0.283 e. The molecular weight excluding hydrogens is 314 g/mol. The first-order valence-electron chi connectivity index (χ1n) is 6.51. The van der Waals surface area contributed by atoms with Crippen molar-refractivity contribution in [3.63, 3.8) is 0 Å². The Hall–Kier alpha value is -2.66. The molecule has 23 heavy (non-hydrogen) atoms. The third kappa shape index (κ3) is 2.04. The zero-order chi connectivity index (χ0) is 16.8. The molecule has 0 aromatic heterocycles. The fourth-order valence-electron chi connectivity index (χ4n) is 2.86. The molecule has 1 aromatic rings. The Morgan fingerprint density at radius 2 is 2.09 bits per heavy atom. The largest absolute Gasteiger partial charge is 0.403 e. The van der Waals surface area contributed by atoms with Crippen molar-refractivity contribution in [1.29, 1.82) is 5.26 Å². The highest BCUT2D eigenvalue weighted by Gasteiger charge is 2.62. The van der Waals surface area contributed by atoms with E-state index in [1.165, 1.54) is 12.1 Å². The molecule has 0 saturated heterocycles. The van der Waals surface area contributed by atoms with Crippen LogP contribution in [-0.4, -0.2) is 22.3 Å². The fraction of sp³-hybridized carbons (Fsp3) is 0.200. The SMILES string of the molecule is N#CCC1(C(F)(F)F)C2=CC=CN(O)C2=Nc2ccc(F)cc21. The van der Waals surface area contributed by atoms with Crippen LogP contribution in [0.15, 0.2) is 47.1 Å². The van der Waals surface area contributed by atoms with E-state index in [1.807, 2.05) is 0 Å². The van der Waals surface area contributed by atoms with Crippen LogP contribution < -0.4 is 0 Å². The van der Waals surface area contributed by atoms with E-state index in [0.29, 0.717) is 5.06 Å². The van der Waals surface area contributed by atoms with Crippen molar-refractivity contribution in [3.8, 4) is 6.07 Å². The predicted molar refractivity (Wildman–Crippen MR) is 72.3 cm³/mol. The predicted octanol–water partition coefficient (Wildman–Crippen LogP) is 3.73. The molecule has 0 radical (unpaired) electrons.